The number of likely N-dealkylation sites (N-methyl/N-ethyl adjacent to an activating group) is 1. The first-order valence-corrected chi connectivity index (χ1v) is 6.49. The van der Waals surface area contributed by atoms with E-state index in [9.17, 15) is 0 Å². The van der Waals surface area contributed by atoms with E-state index in [-0.39, 0.29) is 0 Å². The van der Waals surface area contributed by atoms with Crippen LogP contribution in [0.4, 0.5) is 5.82 Å². The molecule has 0 aliphatic carbocycles. The lowest BCUT2D eigenvalue weighted by Gasteiger charge is -2.15. The number of benzene rings is 1. The number of pyridine rings is 1. The Labute approximate surface area is 109 Å². The molecule has 0 saturated heterocycles. The number of aromatic nitrogens is 1. The molecule has 0 aliphatic rings. The molecule has 1 heterocycles. The molecule has 3 nitrogen and oxygen atoms in total. The molecule has 1 N–H and O–H groups in total. The lowest BCUT2D eigenvalue weighted by molar-refractivity contribution is 0.367. The fourth-order valence-electron chi connectivity index (χ4n) is 1.92. The summed E-state index contributed by atoms with van der Waals surface area (Å²) in [5, 5.41) is 4.62. The molecular weight excluding hydrogens is 222 g/mol. The maximum absolute atomic E-state index is 4.67. The third-order valence-corrected chi connectivity index (χ3v) is 3.24. The number of hydrogen-bond donors (Lipinski definition) is 1. The van der Waals surface area contributed by atoms with Crippen LogP contribution in [0.25, 0.3) is 10.9 Å². The zero-order valence-electron chi connectivity index (χ0n) is 11.4. The van der Waals surface area contributed by atoms with Gasteiger partial charge in [0.25, 0.3) is 0 Å². The van der Waals surface area contributed by atoms with Crippen molar-refractivity contribution in [2.24, 2.45) is 0 Å². The molecule has 18 heavy (non-hydrogen) atoms. The highest BCUT2D eigenvalue weighted by Crippen LogP contribution is 2.19. The molecule has 0 spiro atoms. The second-order valence-corrected chi connectivity index (χ2v) is 4.67. The average Bonchev–Trinajstić information content (AvgIpc) is 2.39. The minimum atomic E-state index is 0.927. The maximum Gasteiger partial charge on any atom is 0.129 e. The van der Waals surface area contributed by atoms with Crippen molar-refractivity contribution >= 4 is 16.7 Å². The van der Waals surface area contributed by atoms with Crippen LogP contribution in [0.1, 0.15) is 12.5 Å². The Kier molecular flexibility index (Phi) is 4.15. The minimum absolute atomic E-state index is 0.927. The second kappa shape index (κ2) is 5.83. The Morgan fingerprint density at radius 1 is 1.28 bits per heavy atom. The Hall–Kier alpha value is -1.61. The molecule has 0 aliphatic heterocycles. The summed E-state index contributed by atoms with van der Waals surface area (Å²) in [5.41, 5.74) is 2.25. The number of nitrogens with zero attached hydrogens (tertiary/aromatic N) is 2. The average molecular weight is 243 g/mol. The van der Waals surface area contributed by atoms with Crippen LogP contribution >= 0.6 is 0 Å². The zero-order chi connectivity index (χ0) is 13.0. The van der Waals surface area contributed by atoms with Gasteiger partial charge in [-0.25, -0.2) is 4.98 Å². The Balaban J connectivity index is 2.10. The summed E-state index contributed by atoms with van der Waals surface area (Å²) in [7, 11) is 2.13. The number of nitrogens with one attached hydrogen (secondary N) is 1. The van der Waals surface area contributed by atoms with Gasteiger partial charge in [0.15, 0.2) is 0 Å². The van der Waals surface area contributed by atoms with Crippen molar-refractivity contribution in [1.29, 1.82) is 0 Å². The molecule has 0 bridgehead atoms. The highest BCUT2D eigenvalue weighted by Gasteiger charge is 2.02. The molecule has 0 amide bonds. The van der Waals surface area contributed by atoms with Crippen LogP contribution in [-0.2, 0) is 0 Å². The molecule has 2 aromatic rings. The molecule has 2 rings (SSSR count). The van der Waals surface area contributed by atoms with E-state index in [1.807, 2.05) is 12.1 Å². The monoisotopic (exact) mass is 243 g/mol. The smallest absolute Gasteiger partial charge is 0.129 e. The van der Waals surface area contributed by atoms with Crippen LogP contribution in [0, 0.1) is 6.92 Å². The number of hydrogen-bond acceptors (Lipinski definition) is 3. The fraction of sp³-hybridized carbons (Fsp3) is 0.400. The number of fused-ring (bicyclic) bond motifs is 1. The number of para-hydroxylation sites is 1. The lowest BCUT2D eigenvalue weighted by Crippen LogP contribution is -2.25. The maximum atomic E-state index is 4.67. The van der Waals surface area contributed by atoms with E-state index in [2.05, 4.69) is 54.3 Å². The standard InChI is InChI=1S/C15H21N3/c1-4-18(3)10-9-16-15-12(2)11-13-7-5-6-8-14(13)17-15/h5-8,11H,4,9-10H2,1-3H3,(H,16,17). The van der Waals surface area contributed by atoms with Gasteiger partial charge in [0.2, 0.25) is 0 Å². The van der Waals surface area contributed by atoms with Crippen molar-refractivity contribution in [3.8, 4) is 0 Å². The van der Waals surface area contributed by atoms with Crippen LogP contribution in [0.5, 0.6) is 0 Å². The van der Waals surface area contributed by atoms with Crippen LogP contribution in [0.2, 0.25) is 0 Å². The van der Waals surface area contributed by atoms with Crippen LogP contribution < -0.4 is 5.32 Å². The second-order valence-electron chi connectivity index (χ2n) is 4.67. The number of rotatable bonds is 5. The summed E-state index contributed by atoms with van der Waals surface area (Å²) in [6.45, 7) is 7.30. The van der Waals surface area contributed by atoms with Gasteiger partial charge in [0, 0.05) is 18.5 Å². The predicted molar refractivity (Wildman–Crippen MR) is 78.1 cm³/mol. The predicted octanol–water partition coefficient (Wildman–Crippen LogP) is 2.91. The molecule has 3 heteroatoms. The number of anilines is 1. The highest BCUT2D eigenvalue weighted by molar-refractivity contribution is 5.81. The summed E-state index contributed by atoms with van der Waals surface area (Å²) in [5.74, 6) is 0.998. The van der Waals surface area contributed by atoms with Crippen molar-refractivity contribution in [3.05, 3.63) is 35.9 Å². The molecule has 0 saturated carbocycles. The van der Waals surface area contributed by atoms with Gasteiger partial charge in [-0.2, -0.15) is 0 Å². The van der Waals surface area contributed by atoms with Gasteiger partial charge < -0.3 is 10.2 Å². The van der Waals surface area contributed by atoms with Crippen LogP contribution in [0.3, 0.4) is 0 Å². The Morgan fingerprint density at radius 3 is 2.83 bits per heavy atom. The van der Waals surface area contributed by atoms with Gasteiger partial charge in [-0.1, -0.05) is 25.1 Å². The van der Waals surface area contributed by atoms with E-state index >= 15 is 0 Å². The van der Waals surface area contributed by atoms with Crippen LogP contribution in [-0.4, -0.2) is 36.6 Å². The SMILES string of the molecule is CCN(C)CCNc1nc2ccccc2cc1C. The summed E-state index contributed by atoms with van der Waals surface area (Å²) in [4.78, 5) is 6.95. The van der Waals surface area contributed by atoms with E-state index in [0.717, 1.165) is 31.0 Å². The largest absolute Gasteiger partial charge is 0.369 e. The molecular formula is C15H21N3. The molecule has 1 aromatic carbocycles. The summed E-state index contributed by atoms with van der Waals surface area (Å²) < 4.78 is 0. The Morgan fingerprint density at radius 2 is 2.06 bits per heavy atom. The molecule has 0 fully saturated rings. The first kappa shape index (κ1) is 12.8. The third-order valence-electron chi connectivity index (χ3n) is 3.24. The van der Waals surface area contributed by atoms with Gasteiger partial charge >= 0.3 is 0 Å². The van der Waals surface area contributed by atoms with E-state index < -0.39 is 0 Å². The van der Waals surface area contributed by atoms with Gasteiger partial charge in [-0.15, -0.1) is 0 Å². The molecule has 1 aromatic heterocycles. The highest BCUT2D eigenvalue weighted by atomic mass is 15.1. The summed E-state index contributed by atoms with van der Waals surface area (Å²) in [6.07, 6.45) is 0. The van der Waals surface area contributed by atoms with Crippen molar-refractivity contribution in [2.45, 2.75) is 13.8 Å². The molecule has 96 valence electrons. The van der Waals surface area contributed by atoms with Crippen molar-refractivity contribution in [3.63, 3.8) is 0 Å². The van der Waals surface area contributed by atoms with E-state index in [4.69, 9.17) is 0 Å². The van der Waals surface area contributed by atoms with Crippen molar-refractivity contribution in [1.82, 2.24) is 9.88 Å². The zero-order valence-corrected chi connectivity index (χ0v) is 11.4. The molecule has 0 atom stereocenters. The van der Waals surface area contributed by atoms with Gasteiger partial charge in [0.05, 0.1) is 5.52 Å². The third kappa shape index (κ3) is 2.99. The van der Waals surface area contributed by atoms with E-state index in [1.54, 1.807) is 0 Å². The van der Waals surface area contributed by atoms with Crippen LogP contribution in [0.15, 0.2) is 30.3 Å². The quantitative estimate of drug-likeness (QED) is 0.875. The van der Waals surface area contributed by atoms with E-state index in [1.165, 1.54) is 10.9 Å². The van der Waals surface area contributed by atoms with Gasteiger partial charge in [-0.05, 0) is 38.2 Å². The lowest BCUT2D eigenvalue weighted by atomic mass is 10.1. The minimum Gasteiger partial charge on any atom is -0.369 e. The fourth-order valence-corrected chi connectivity index (χ4v) is 1.92. The van der Waals surface area contributed by atoms with Crippen molar-refractivity contribution in [2.75, 3.05) is 32.0 Å². The van der Waals surface area contributed by atoms with E-state index in [0.29, 0.717) is 0 Å². The van der Waals surface area contributed by atoms with Crippen molar-refractivity contribution < 1.29 is 0 Å². The van der Waals surface area contributed by atoms with Gasteiger partial charge in [0.1, 0.15) is 5.82 Å². The summed E-state index contributed by atoms with van der Waals surface area (Å²) in [6, 6.07) is 10.4. The molecule has 0 radical (unpaired) electrons. The number of aryl methyl sites for hydroxylation is 1. The summed E-state index contributed by atoms with van der Waals surface area (Å²) >= 11 is 0. The molecule has 0 unspecified atom stereocenters. The van der Waals surface area contributed by atoms with Gasteiger partial charge in [-0.3, -0.25) is 0 Å². The topological polar surface area (TPSA) is 28.2 Å². The first-order chi connectivity index (χ1) is 8.70. The normalized spacial score (nSPS) is 11.1. The first-order valence-electron chi connectivity index (χ1n) is 6.49. The Bertz CT molecular complexity index is 522.